The maximum absolute atomic E-state index is 12.7. The second-order valence-electron chi connectivity index (χ2n) is 3.60. The number of hydrogen-bond donors (Lipinski definition) is 1. The summed E-state index contributed by atoms with van der Waals surface area (Å²) in [7, 11) is 0. The molecule has 2 rings (SSSR count). The van der Waals surface area contributed by atoms with Crippen molar-refractivity contribution in [2.24, 2.45) is 0 Å². The van der Waals surface area contributed by atoms with Gasteiger partial charge in [0.15, 0.2) is 6.54 Å². The minimum Gasteiger partial charge on any atom is -0.290 e. The lowest BCUT2D eigenvalue weighted by molar-refractivity contribution is -0.687. The van der Waals surface area contributed by atoms with Crippen LogP contribution >= 0.6 is 0 Å². The number of benzene rings is 1. The Kier molecular flexibility index (Phi) is 2.81. The number of aromatic nitrogens is 2. The van der Waals surface area contributed by atoms with Gasteiger partial charge in [-0.2, -0.15) is 0 Å². The molecule has 3 nitrogen and oxygen atoms in total. The number of ketones is 1. The summed E-state index contributed by atoms with van der Waals surface area (Å²) in [5.41, 5.74) is 0.523. The summed E-state index contributed by atoms with van der Waals surface area (Å²) in [5.74, 6) is 0.546. The van der Waals surface area contributed by atoms with E-state index in [1.807, 2.05) is 11.5 Å². The Balaban J connectivity index is 2.15. The maximum atomic E-state index is 12.7. The van der Waals surface area contributed by atoms with Crippen LogP contribution in [0, 0.1) is 12.7 Å². The lowest BCUT2D eigenvalue weighted by atomic mass is 10.1. The molecule has 0 spiro atoms. The van der Waals surface area contributed by atoms with Gasteiger partial charge in [-0.15, -0.1) is 0 Å². The number of carbonyl (C=O) groups excluding carboxylic acids is 1. The van der Waals surface area contributed by atoms with Crippen LogP contribution in [0.25, 0.3) is 0 Å². The van der Waals surface area contributed by atoms with Gasteiger partial charge in [0.25, 0.3) is 5.82 Å². The molecule has 0 unspecified atom stereocenters. The number of aromatic amines is 1. The fourth-order valence-corrected chi connectivity index (χ4v) is 1.50. The minimum atomic E-state index is -0.331. The Bertz CT molecular complexity index is 502. The Morgan fingerprint density at radius 3 is 2.62 bits per heavy atom. The van der Waals surface area contributed by atoms with E-state index in [0.717, 1.165) is 5.82 Å². The molecule has 0 bridgehead atoms. The van der Waals surface area contributed by atoms with Crippen molar-refractivity contribution in [1.82, 2.24) is 4.98 Å². The van der Waals surface area contributed by atoms with Crippen molar-refractivity contribution < 1.29 is 13.8 Å². The van der Waals surface area contributed by atoms with Crippen molar-refractivity contribution >= 4 is 5.78 Å². The van der Waals surface area contributed by atoms with Gasteiger partial charge in [-0.3, -0.25) is 4.79 Å². The first-order valence-corrected chi connectivity index (χ1v) is 4.99. The number of imidazole rings is 1. The Labute approximate surface area is 92.5 Å². The normalized spacial score (nSPS) is 10.4. The first-order chi connectivity index (χ1) is 7.66. The number of rotatable bonds is 3. The molecule has 0 saturated carbocycles. The molecule has 4 heteroatoms. The fourth-order valence-electron chi connectivity index (χ4n) is 1.50. The van der Waals surface area contributed by atoms with Crippen LogP contribution in [0.2, 0.25) is 0 Å². The topological polar surface area (TPSA) is 36.7 Å². The Hall–Kier alpha value is -1.97. The van der Waals surface area contributed by atoms with Crippen molar-refractivity contribution in [3.05, 3.63) is 53.9 Å². The zero-order valence-corrected chi connectivity index (χ0v) is 8.90. The number of aryl methyl sites for hydroxylation is 1. The van der Waals surface area contributed by atoms with Crippen molar-refractivity contribution in [2.45, 2.75) is 13.5 Å². The summed E-state index contributed by atoms with van der Waals surface area (Å²) >= 11 is 0. The monoisotopic (exact) mass is 219 g/mol. The molecule has 0 aliphatic carbocycles. The van der Waals surface area contributed by atoms with Gasteiger partial charge in [0, 0.05) is 12.5 Å². The van der Waals surface area contributed by atoms with Crippen molar-refractivity contribution in [2.75, 3.05) is 0 Å². The van der Waals surface area contributed by atoms with Crippen molar-refractivity contribution in [1.29, 1.82) is 0 Å². The van der Waals surface area contributed by atoms with Crippen LogP contribution in [-0.4, -0.2) is 10.8 Å². The summed E-state index contributed by atoms with van der Waals surface area (Å²) in [6.07, 6.45) is 3.57. The molecule has 0 saturated heterocycles. The number of Topliss-reactive ketones (excluding diaryl/α,β-unsaturated/α-hetero) is 1. The molecule has 1 aromatic heterocycles. The molecule has 0 radical (unpaired) electrons. The van der Waals surface area contributed by atoms with E-state index in [1.165, 1.54) is 24.3 Å². The van der Waals surface area contributed by atoms with Gasteiger partial charge >= 0.3 is 0 Å². The third-order valence-electron chi connectivity index (χ3n) is 2.46. The quantitative estimate of drug-likeness (QED) is 0.618. The minimum absolute atomic E-state index is 0.0345. The molecule has 0 amide bonds. The standard InChI is InChI=1S/C12H11FN2O/c1-9-14-6-7-15(9)8-12(16)10-2-4-11(13)5-3-10/h2-7H,8H2,1H3/p+1. The molecule has 1 aromatic carbocycles. The number of nitrogens with zero attached hydrogens (tertiary/aromatic N) is 1. The summed E-state index contributed by atoms with van der Waals surface area (Å²) in [6.45, 7) is 2.15. The smallest absolute Gasteiger partial charge is 0.251 e. The van der Waals surface area contributed by atoms with Crippen LogP contribution in [0.3, 0.4) is 0 Å². The second-order valence-corrected chi connectivity index (χ2v) is 3.60. The third kappa shape index (κ3) is 2.16. The SMILES string of the molecule is Cc1[nH]cc[n+]1CC(=O)c1ccc(F)cc1. The lowest BCUT2D eigenvalue weighted by Crippen LogP contribution is -2.38. The van der Waals surface area contributed by atoms with E-state index >= 15 is 0 Å². The zero-order chi connectivity index (χ0) is 11.5. The number of nitrogens with one attached hydrogen (secondary N) is 1. The number of hydrogen-bond acceptors (Lipinski definition) is 1. The average molecular weight is 219 g/mol. The largest absolute Gasteiger partial charge is 0.290 e. The number of H-pyrrole nitrogens is 1. The molecular weight excluding hydrogens is 207 g/mol. The van der Waals surface area contributed by atoms with Crippen LogP contribution in [0.15, 0.2) is 36.7 Å². The van der Waals surface area contributed by atoms with Gasteiger partial charge in [0.2, 0.25) is 5.78 Å². The zero-order valence-electron chi connectivity index (χ0n) is 8.90. The van der Waals surface area contributed by atoms with Gasteiger partial charge < -0.3 is 0 Å². The molecule has 2 aromatic rings. The summed E-state index contributed by atoms with van der Waals surface area (Å²) in [5, 5.41) is 0. The predicted molar refractivity (Wildman–Crippen MR) is 56.5 cm³/mol. The van der Waals surface area contributed by atoms with E-state index in [9.17, 15) is 9.18 Å². The molecule has 0 atom stereocenters. The van der Waals surface area contributed by atoms with E-state index < -0.39 is 0 Å². The third-order valence-corrected chi connectivity index (χ3v) is 2.46. The van der Waals surface area contributed by atoms with E-state index in [1.54, 1.807) is 12.4 Å². The van der Waals surface area contributed by atoms with E-state index in [-0.39, 0.29) is 18.1 Å². The van der Waals surface area contributed by atoms with Crippen molar-refractivity contribution in [3.63, 3.8) is 0 Å². The molecular formula is C12H12FN2O+. The van der Waals surface area contributed by atoms with E-state index in [2.05, 4.69) is 4.98 Å². The highest BCUT2D eigenvalue weighted by Crippen LogP contribution is 2.03. The lowest BCUT2D eigenvalue weighted by Gasteiger charge is -1.99. The fraction of sp³-hybridized carbons (Fsp3) is 0.167. The van der Waals surface area contributed by atoms with Crippen LogP contribution in [0.5, 0.6) is 0 Å². The van der Waals surface area contributed by atoms with Gasteiger partial charge in [0.05, 0.1) is 0 Å². The van der Waals surface area contributed by atoms with E-state index in [4.69, 9.17) is 0 Å². The van der Waals surface area contributed by atoms with Gasteiger partial charge in [-0.1, -0.05) is 0 Å². The molecule has 0 fully saturated rings. The molecule has 0 aliphatic heterocycles. The molecule has 1 heterocycles. The first kappa shape index (κ1) is 10.5. The molecule has 82 valence electrons. The average Bonchev–Trinajstić information content (AvgIpc) is 2.65. The highest BCUT2D eigenvalue weighted by molar-refractivity contribution is 5.94. The van der Waals surface area contributed by atoms with Gasteiger partial charge in [-0.25, -0.2) is 13.9 Å². The molecule has 1 N–H and O–H groups in total. The maximum Gasteiger partial charge on any atom is 0.251 e. The number of halogens is 1. The Morgan fingerprint density at radius 1 is 1.38 bits per heavy atom. The molecule has 16 heavy (non-hydrogen) atoms. The summed E-state index contributed by atoms with van der Waals surface area (Å²) in [6, 6.07) is 5.59. The summed E-state index contributed by atoms with van der Waals surface area (Å²) < 4.78 is 14.5. The summed E-state index contributed by atoms with van der Waals surface area (Å²) in [4.78, 5) is 14.8. The van der Waals surface area contributed by atoms with Gasteiger partial charge in [0.1, 0.15) is 18.2 Å². The van der Waals surface area contributed by atoms with E-state index in [0.29, 0.717) is 5.56 Å². The molecule has 0 aliphatic rings. The van der Waals surface area contributed by atoms with Crippen LogP contribution in [0.1, 0.15) is 16.2 Å². The van der Waals surface area contributed by atoms with Crippen LogP contribution in [-0.2, 0) is 6.54 Å². The Morgan fingerprint density at radius 2 is 2.06 bits per heavy atom. The predicted octanol–water partition coefficient (Wildman–Crippen LogP) is 1.63. The number of carbonyl (C=O) groups is 1. The second kappa shape index (κ2) is 4.26. The highest BCUT2D eigenvalue weighted by Gasteiger charge is 2.12. The van der Waals surface area contributed by atoms with Crippen LogP contribution in [0.4, 0.5) is 4.39 Å². The first-order valence-electron chi connectivity index (χ1n) is 4.99. The van der Waals surface area contributed by atoms with Crippen LogP contribution < -0.4 is 4.57 Å². The van der Waals surface area contributed by atoms with Gasteiger partial charge in [-0.05, 0) is 24.3 Å². The highest BCUT2D eigenvalue weighted by atomic mass is 19.1. The van der Waals surface area contributed by atoms with Crippen molar-refractivity contribution in [3.8, 4) is 0 Å².